The number of aliphatic hydroxyl groups excluding tert-OH is 10. The molecule has 16 atom stereocenters. The number of ether oxygens (including phenoxy) is 1. The molecule has 3 aliphatic rings. The molecule has 21 N–H and O–H groups in total. The van der Waals surface area contributed by atoms with E-state index in [1.165, 1.54) is 11.0 Å². The van der Waals surface area contributed by atoms with E-state index in [1.54, 1.807) is 51.3 Å². The third kappa shape index (κ3) is 35.5. The van der Waals surface area contributed by atoms with Crippen LogP contribution in [0, 0.1) is 17.3 Å². The number of thioether (sulfide) groups is 1. The van der Waals surface area contributed by atoms with Crippen LogP contribution in [0.1, 0.15) is 179 Å². The van der Waals surface area contributed by atoms with Gasteiger partial charge in [-0.25, -0.2) is 9.59 Å². The summed E-state index contributed by atoms with van der Waals surface area (Å²) in [6, 6.07) is 3.95. The van der Waals surface area contributed by atoms with E-state index in [1.807, 2.05) is 18.2 Å². The smallest absolute Gasteiger partial charge is 0.327 e. The number of nitrogens with one attached hydrogen (secondary N) is 8. The van der Waals surface area contributed by atoms with Gasteiger partial charge in [-0.1, -0.05) is 77.5 Å². The number of hydrogen-bond donors (Lipinski definition) is 21. The van der Waals surface area contributed by atoms with Crippen molar-refractivity contribution >= 4 is 130 Å². The van der Waals surface area contributed by atoms with Crippen LogP contribution in [0.4, 0.5) is 21.9 Å². The van der Waals surface area contributed by atoms with Crippen molar-refractivity contribution in [3.63, 3.8) is 0 Å². The van der Waals surface area contributed by atoms with E-state index in [0.717, 1.165) is 66.4 Å². The second kappa shape index (κ2) is 55.0. The van der Waals surface area contributed by atoms with E-state index in [0.29, 0.717) is 31.4 Å². The molecule has 2 aromatic carbocycles. The number of aliphatic hydroxyl groups is 10. The summed E-state index contributed by atoms with van der Waals surface area (Å²) in [5.74, 6) is -17.4. The van der Waals surface area contributed by atoms with Gasteiger partial charge in [0.25, 0.3) is 18.3 Å². The maximum Gasteiger partial charge on any atom is 0.327 e. The van der Waals surface area contributed by atoms with E-state index in [9.17, 15) is 148 Å². The van der Waals surface area contributed by atoms with Crippen LogP contribution in [-0.2, 0) is 76.7 Å². The highest BCUT2D eigenvalue weighted by Crippen LogP contribution is 2.38. The maximum atomic E-state index is 14.8. The molecule has 1 saturated heterocycles. The number of unbranched alkanes of at least 4 members (excludes halogenated alkanes) is 4. The van der Waals surface area contributed by atoms with Gasteiger partial charge in [-0.3, -0.25) is 77.2 Å². The number of anilines is 3. The summed E-state index contributed by atoms with van der Waals surface area (Å²) in [4.78, 5) is 235. The zero-order valence-corrected chi connectivity index (χ0v) is 74.0. The molecule has 720 valence electrons. The molecular weight excluding hydrogens is 1720 g/mol. The fourth-order valence-corrected chi connectivity index (χ4v) is 15.6. The van der Waals surface area contributed by atoms with E-state index in [-0.39, 0.29) is 67.8 Å². The highest BCUT2D eigenvalue weighted by atomic mass is 32.2. The summed E-state index contributed by atoms with van der Waals surface area (Å²) >= 11 is 1.09. The fraction of sp³-hybridized carbons (Fsp3) is 0.659. The topological polar surface area (TPSA) is 672 Å². The molecule has 1 saturated carbocycles. The van der Waals surface area contributed by atoms with Crippen molar-refractivity contribution in [2.45, 2.75) is 260 Å². The highest BCUT2D eigenvalue weighted by molar-refractivity contribution is 7.98. The fourth-order valence-electron chi connectivity index (χ4n) is 14.9. The molecule has 129 heavy (non-hydrogen) atoms. The quantitative estimate of drug-likeness (QED) is 0.0240. The van der Waals surface area contributed by atoms with Gasteiger partial charge < -0.3 is 128 Å². The SMILES string of the molecule is CSC[C@H](C(=O)O)N(C)C(=O)C(COC=O)N1CNC(CCC(=O)[C@@H](CCC(=O)NC[C@@H](O)[C@H](O)[C@@H](O)[C@H](O)CO)NC(=O)C(CCC(=O)O)CC(=O)[C@@H](CCC(=O)NC[C@@H](O)[C@H](O)[C@@H](O)[C@H](O)CO)NC(=O)C(CCC(=O)O)CC(=O)CCCCCCCNC(=O)c2cccc(NC(=O)N[C@H]3CN(C4CCCCC4)c4ccccc4N(CC(=O)C(C)(C)C)C3=O)c2)C1=O. The molecule has 0 radical (unpaired) electrons. The Hall–Kier alpha value is -10.3. The predicted octanol–water partition coefficient (Wildman–Crippen LogP) is -2.51. The monoisotopic (exact) mass is 1840 g/mol. The molecule has 44 heteroatoms. The number of benzene rings is 2. The summed E-state index contributed by atoms with van der Waals surface area (Å²) in [6.07, 6.45) is -15.9. The van der Waals surface area contributed by atoms with Gasteiger partial charge in [-0.05, 0) is 94.4 Å². The standard InChI is InChI=1S/C85H128N12O31S/c1-85(2,3)68(108)41-96-59-23-14-13-22-58(59)95(52-19-10-9-11-20-52)40-57(81(96)123)93-84(127)90-51-18-16-17-48(35-51)77(119)86-34-15-8-6-7-12-21-53(101)36-49(24-32-71(111)112)78(120)92-55(28-31-70(110)88-39-65(105)74(116)76(118)67(107)43-99)63(103)37-50(25-33-72(113)114)79(121)91-54(27-30-69(109)87-38-64(104)73(115)75(117)66(106)42-98)62(102)29-26-56-80(122)97(46-89-56)60(44-128-47-100)82(124)94(4)61(45-129-5)83(125)126/h13-14,16-18,22-23,35,47,49-50,52,54-57,60-61,64-67,73-76,89,98-99,104-107,115-118H,6-12,15,19-21,24-34,36-46H2,1-5H3,(H,86,119)(H,87,109)(H,88,110)(H,91,121)(H,92,120)(H,111,112)(H,113,114)(H,125,126)(H2,90,93,127)/t49?,50?,54-,55-,56?,57+,60?,61-,64-,65-,66-,67-,73+,74+,75+,76+/m1/s1. The first-order chi connectivity index (χ1) is 61.1. The normalized spacial score (nSPS) is 18.1. The summed E-state index contributed by atoms with van der Waals surface area (Å²) in [5, 5.41) is 150. The number of Topliss-reactive ketones (excluding diaryl/α,β-unsaturated/α-hetero) is 4. The van der Waals surface area contributed by atoms with Crippen molar-refractivity contribution in [2.75, 3.05) is 93.4 Å². The maximum absolute atomic E-state index is 14.8. The van der Waals surface area contributed by atoms with Crippen LogP contribution in [0.2, 0.25) is 0 Å². The van der Waals surface area contributed by atoms with Crippen LogP contribution >= 0.6 is 11.8 Å². The number of fused-ring (bicyclic) bond motifs is 1. The van der Waals surface area contributed by atoms with Gasteiger partial charge in [-0.15, -0.1) is 0 Å². The van der Waals surface area contributed by atoms with Gasteiger partial charge in [-0.2, -0.15) is 11.8 Å². The van der Waals surface area contributed by atoms with Crippen molar-refractivity contribution in [1.29, 1.82) is 0 Å². The Morgan fingerprint density at radius 2 is 1.17 bits per heavy atom. The number of urea groups is 1. The minimum absolute atomic E-state index is 0.0128. The number of ketones is 4. The number of carbonyl (C=O) groups excluding carboxylic acids is 14. The van der Waals surface area contributed by atoms with Gasteiger partial charge in [0.05, 0.1) is 68.1 Å². The van der Waals surface area contributed by atoms with Crippen molar-refractivity contribution in [3.8, 4) is 0 Å². The van der Waals surface area contributed by atoms with Crippen LogP contribution < -0.4 is 52.3 Å². The molecule has 1 aliphatic carbocycles. The summed E-state index contributed by atoms with van der Waals surface area (Å²) in [6.45, 7) is 0.608. The number of nitrogens with zero attached hydrogens (tertiary/aromatic N) is 4. The number of aliphatic carboxylic acids is 3. The number of hydrogen-bond acceptors (Lipinski definition) is 31. The lowest BCUT2D eigenvalue weighted by Gasteiger charge is -2.37. The Kier molecular flexibility index (Phi) is 46.6. The first-order valence-electron chi connectivity index (χ1n) is 43.1. The van der Waals surface area contributed by atoms with Crippen LogP contribution in [0.5, 0.6) is 0 Å². The average molecular weight is 1850 g/mol. The largest absolute Gasteiger partial charge is 0.481 e. The van der Waals surface area contributed by atoms with Crippen LogP contribution in [0.25, 0.3) is 0 Å². The molecule has 5 rings (SSSR count). The molecule has 0 spiro atoms. The summed E-state index contributed by atoms with van der Waals surface area (Å²) in [7, 11) is 1.16. The number of carbonyl (C=O) groups is 17. The van der Waals surface area contributed by atoms with Gasteiger partial charge in [0, 0.05) is 125 Å². The van der Waals surface area contributed by atoms with Gasteiger partial charge in [0.2, 0.25) is 35.4 Å². The predicted molar refractivity (Wildman–Crippen MR) is 462 cm³/mol. The minimum atomic E-state index is -2.14. The van der Waals surface area contributed by atoms with E-state index in [2.05, 4.69) is 47.4 Å². The molecule has 4 unspecified atom stereocenters. The third-order valence-electron chi connectivity index (χ3n) is 22.8. The van der Waals surface area contributed by atoms with Crippen molar-refractivity contribution in [3.05, 3.63) is 54.1 Å². The Morgan fingerprint density at radius 3 is 1.71 bits per heavy atom. The molecule has 0 aromatic heterocycles. The van der Waals surface area contributed by atoms with Gasteiger partial charge >= 0.3 is 23.9 Å². The first kappa shape index (κ1) is 109. The number of carboxylic acid groups (broad SMARTS) is 3. The van der Waals surface area contributed by atoms with E-state index < -0.39 is 308 Å². The van der Waals surface area contributed by atoms with Crippen molar-refractivity contribution < 1.29 is 153 Å². The molecule has 0 bridgehead atoms. The minimum Gasteiger partial charge on any atom is -0.481 e. The van der Waals surface area contributed by atoms with Crippen LogP contribution in [0.3, 0.4) is 0 Å². The highest BCUT2D eigenvalue weighted by Gasteiger charge is 2.45. The second-order valence-electron chi connectivity index (χ2n) is 33.5. The Morgan fingerprint density at radius 1 is 0.628 bits per heavy atom. The van der Waals surface area contributed by atoms with Crippen molar-refractivity contribution in [2.24, 2.45) is 17.3 Å². The number of likely N-dealkylation sites (N-methyl/N-ethyl adjacent to an activating group) is 1. The summed E-state index contributed by atoms with van der Waals surface area (Å²) in [5.41, 5.74) is 1.07. The number of para-hydroxylation sites is 2. The number of rotatable bonds is 60. The Bertz CT molecular complexity index is 4120. The molecule has 2 aliphatic heterocycles. The Balaban J connectivity index is 1.28. The molecule has 2 heterocycles. The second-order valence-corrected chi connectivity index (χ2v) is 34.5. The number of carboxylic acids is 3. The molecule has 10 amide bonds. The zero-order chi connectivity index (χ0) is 95.9. The number of amides is 10. The average Bonchev–Trinajstić information content (AvgIpc) is 1.66. The van der Waals surface area contributed by atoms with Gasteiger partial charge in [0.1, 0.15) is 67.1 Å². The molecule has 43 nitrogen and oxygen atoms in total. The first-order valence-corrected chi connectivity index (χ1v) is 44.5. The third-order valence-corrected chi connectivity index (χ3v) is 23.5. The Labute approximate surface area is 750 Å². The van der Waals surface area contributed by atoms with Gasteiger partial charge in [0.15, 0.2) is 17.3 Å². The molecule has 2 fully saturated rings. The lowest BCUT2D eigenvalue weighted by atomic mass is 9.89. The van der Waals surface area contributed by atoms with Crippen LogP contribution in [-0.4, -0.2) is 346 Å². The van der Waals surface area contributed by atoms with E-state index >= 15 is 0 Å². The van der Waals surface area contributed by atoms with Crippen LogP contribution in [0.15, 0.2) is 48.5 Å². The molecule has 2 aromatic rings. The van der Waals surface area contributed by atoms with Crippen molar-refractivity contribution in [1.82, 2.24) is 47.0 Å². The summed E-state index contributed by atoms with van der Waals surface area (Å²) < 4.78 is 4.86. The lowest BCUT2D eigenvalue weighted by Crippen LogP contribution is -2.55. The molecular formula is C85H128N12O31S. The van der Waals surface area contributed by atoms with E-state index in [4.69, 9.17) is 4.74 Å². The zero-order valence-electron chi connectivity index (χ0n) is 73.2. The lowest BCUT2D eigenvalue weighted by molar-refractivity contribution is -0.154.